The average Bonchev–Trinajstić information content (AvgIpc) is 3.27. The second-order valence-electron chi connectivity index (χ2n) is 16.1. The molecule has 0 N–H and O–H groups in total. The third-order valence-electron chi connectivity index (χ3n) is 12.3. The topological polar surface area (TPSA) is 86.7 Å². The Balaban J connectivity index is 1.16. The molecule has 0 aromatic heterocycles. The summed E-state index contributed by atoms with van der Waals surface area (Å²) in [6, 6.07) is 38.5. The molecule has 6 nitrogen and oxygen atoms in total. The Hall–Kier alpha value is -3.89. The van der Waals surface area contributed by atoms with E-state index in [1.54, 1.807) is 0 Å². The summed E-state index contributed by atoms with van der Waals surface area (Å²) in [5, 5.41) is 0. The van der Waals surface area contributed by atoms with E-state index in [2.05, 4.69) is 12.1 Å². The Morgan fingerprint density at radius 3 is 1.19 bits per heavy atom. The second kappa shape index (κ2) is 17.5. The molecule has 300 valence electrons. The van der Waals surface area contributed by atoms with Gasteiger partial charge in [-0.25, -0.2) is 3.63 Å². The van der Waals surface area contributed by atoms with Crippen molar-refractivity contribution in [2.24, 2.45) is 0 Å². The van der Waals surface area contributed by atoms with Crippen LogP contribution in [0, 0.1) is 0 Å². The van der Waals surface area contributed by atoms with Gasteiger partial charge in [-0.15, -0.1) is 0 Å². The highest BCUT2D eigenvalue weighted by Crippen LogP contribution is 2.70. The van der Waals surface area contributed by atoms with Gasteiger partial charge in [-0.2, -0.15) is 16.8 Å². The highest BCUT2D eigenvalue weighted by atomic mass is 32.3. The molecule has 9 heteroatoms. The van der Waals surface area contributed by atoms with E-state index in [9.17, 15) is 16.8 Å². The summed E-state index contributed by atoms with van der Waals surface area (Å²) in [5.74, 6) is 0.875. The molecule has 0 unspecified atom stereocenters. The molecule has 0 heterocycles. The highest BCUT2D eigenvalue weighted by Gasteiger charge is 2.39. The van der Waals surface area contributed by atoms with Crippen molar-refractivity contribution in [1.82, 2.24) is 0 Å². The number of benzene rings is 5. The van der Waals surface area contributed by atoms with Crippen molar-refractivity contribution in [2.75, 3.05) is 0 Å². The Bertz CT molecular complexity index is 2180. The van der Waals surface area contributed by atoms with Crippen LogP contribution in [0.4, 0.5) is 0 Å². The molecule has 8 rings (SSSR count). The zero-order valence-electron chi connectivity index (χ0n) is 32.6. The van der Waals surface area contributed by atoms with Crippen LogP contribution in [-0.2, 0) is 23.9 Å². The van der Waals surface area contributed by atoms with Gasteiger partial charge in [-0.1, -0.05) is 125 Å². The third-order valence-corrected chi connectivity index (χ3v) is 18.9. The van der Waals surface area contributed by atoms with E-state index < -0.39 is 30.5 Å². The molecule has 0 spiro atoms. The maximum Gasteiger partial charge on any atom is 0.339 e. The van der Waals surface area contributed by atoms with Crippen LogP contribution in [0.2, 0.25) is 0 Å². The normalized spacial score (nSPS) is 18.2. The third kappa shape index (κ3) is 8.63. The molecule has 0 bridgehead atoms. The van der Waals surface area contributed by atoms with E-state index >= 15 is 0 Å². The van der Waals surface area contributed by atoms with Gasteiger partial charge in [0.15, 0.2) is 0 Å². The maximum absolute atomic E-state index is 14.8. The van der Waals surface area contributed by atoms with Crippen LogP contribution in [0.5, 0.6) is 5.75 Å². The van der Waals surface area contributed by atoms with Crippen molar-refractivity contribution >= 4 is 30.5 Å². The zero-order chi connectivity index (χ0) is 39.3. The van der Waals surface area contributed by atoms with E-state index in [1.807, 2.05) is 91.0 Å². The predicted molar refractivity (Wildman–Crippen MR) is 228 cm³/mol. The summed E-state index contributed by atoms with van der Waals surface area (Å²) in [6.07, 6.45) is 16.7. The minimum absolute atomic E-state index is 0.0716. The average molecular weight is 823 g/mol. The summed E-state index contributed by atoms with van der Waals surface area (Å²) >= 11 is 0. The van der Waals surface area contributed by atoms with Gasteiger partial charge in [0, 0.05) is 14.7 Å². The summed E-state index contributed by atoms with van der Waals surface area (Å²) in [6.45, 7) is 0. The summed E-state index contributed by atoms with van der Waals surface area (Å²) < 4.78 is 71.0. The van der Waals surface area contributed by atoms with Crippen LogP contribution in [0.15, 0.2) is 152 Å². The lowest BCUT2D eigenvalue weighted by Gasteiger charge is -2.39. The Morgan fingerprint density at radius 2 is 0.789 bits per heavy atom. The van der Waals surface area contributed by atoms with Crippen molar-refractivity contribution in [3.63, 3.8) is 0 Å². The van der Waals surface area contributed by atoms with Gasteiger partial charge in [0.25, 0.3) is 0 Å². The molecule has 57 heavy (non-hydrogen) atoms. The van der Waals surface area contributed by atoms with Crippen LogP contribution >= 0.6 is 10.3 Å². The molecule has 5 aromatic rings. The van der Waals surface area contributed by atoms with E-state index in [0.29, 0.717) is 10.8 Å². The first kappa shape index (κ1) is 39.9. The summed E-state index contributed by atoms with van der Waals surface area (Å²) in [4.78, 5) is 2.47. The van der Waals surface area contributed by atoms with Gasteiger partial charge in [-0.05, 0) is 144 Å². The van der Waals surface area contributed by atoms with Gasteiger partial charge in [0.1, 0.15) is 10.6 Å². The van der Waals surface area contributed by atoms with Crippen molar-refractivity contribution in [3.8, 4) is 5.75 Å². The predicted octanol–water partition coefficient (Wildman–Crippen LogP) is 13.2. The number of rotatable bonds is 12. The lowest BCUT2D eigenvalue weighted by atomic mass is 9.76. The minimum Gasteiger partial charge on any atom is -0.379 e. The Morgan fingerprint density at radius 1 is 0.404 bits per heavy atom. The van der Waals surface area contributed by atoms with E-state index in [1.165, 1.54) is 61.9 Å². The first-order valence-corrected chi connectivity index (χ1v) is 25.3. The van der Waals surface area contributed by atoms with Crippen molar-refractivity contribution < 1.29 is 24.6 Å². The fraction of sp³-hybridized carbons (Fsp3) is 0.375. The van der Waals surface area contributed by atoms with Gasteiger partial charge >= 0.3 is 20.2 Å². The van der Waals surface area contributed by atoms with Gasteiger partial charge in [0.2, 0.25) is 0 Å². The van der Waals surface area contributed by atoms with Crippen molar-refractivity contribution in [2.45, 2.75) is 139 Å². The molecule has 3 aliphatic rings. The van der Waals surface area contributed by atoms with Crippen LogP contribution in [0.25, 0.3) is 0 Å². The molecule has 3 fully saturated rings. The standard InChI is InChI=1S/C48H54O6S3/c49-56(50,54-55(42-25-13-4-14-26-42,43-27-15-5-16-28-43)44-29-17-6-18-30-44)45-33-31-41(32-34-45)53-57(51,52)48-46(38-21-9-2-10-22-38)35-40(37-19-7-1-8-20-37)36-47(48)39-23-11-3-12-24-39/h4-6,13-18,25-39H,1-3,7-12,19-24H2. The fourth-order valence-electron chi connectivity index (χ4n) is 9.46. The molecule has 3 aliphatic carbocycles. The van der Waals surface area contributed by atoms with Crippen molar-refractivity contribution in [3.05, 3.63) is 144 Å². The summed E-state index contributed by atoms with van der Waals surface area (Å²) in [5.41, 5.74) is 3.19. The maximum atomic E-state index is 14.8. The second-order valence-corrected chi connectivity index (χ2v) is 22.0. The minimum atomic E-state index is -4.40. The number of hydrogen-bond donors (Lipinski definition) is 0. The zero-order valence-corrected chi connectivity index (χ0v) is 35.1. The molecule has 3 saturated carbocycles. The van der Waals surface area contributed by atoms with E-state index in [-0.39, 0.29) is 22.5 Å². The lowest BCUT2D eigenvalue weighted by Crippen LogP contribution is -2.21. The molecular formula is C48H54O6S3. The molecule has 0 amide bonds. The van der Waals surface area contributed by atoms with Gasteiger partial charge < -0.3 is 4.18 Å². The first-order chi connectivity index (χ1) is 27.7. The SMILES string of the molecule is O=S(=O)(OS(c1ccccc1)(c1ccccc1)c1ccccc1)c1ccc(OS(=O)(=O)c2c(C3CCCCC3)cc(C3CCCCC3)cc2C2CCCCC2)cc1. The smallest absolute Gasteiger partial charge is 0.339 e. The van der Waals surface area contributed by atoms with Crippen LogP contribution in [0.1, 0.15) is 131 Å². The van der Waals surface area contributed by atoms with Crippen LogP contribution < -0.4 is 4.18 Å². The van der Waals surface area contributed by atoms with E-state index in [4.69, 9.17) is 7.81 Å². The quantitative estimate of drug-likeness (QED) is 0.116. The largest absolute Gasteiger partial charge is 0.379 e. The Kier molecular flexibility index (Phi) is 12.3. The first-order valence-electron chi connectivity index (χ1n) is 20.9. The lowest BCUT2D eigenvalue weighted by molar-refractivity contribution is 0.414. The van der Waals surface area contributed by atoms with Crippen LogP contribution in [-0.4, -0.2) is 16.8 Å². The molecule has 0 atom stereocenters. The molecular weight excluding hydrogens is 769 g/mol. The molecule has 0 radical (unpaired) electrons. The Labute approximate surface area is 341 Å². The molecule has 5 aromatic carbocycles. The molecule has 0 aliphatic heterocycles. The van der Waals surface area contributed by atoms with Crippen LogP contribution in [0.3, 0.4) is 0 Å². The monoisotopic (exact) mass is 822 g/mol. The molecule has 0 saturated heterocycles. The fourth-order valence-corrected chi connectivity index (χ4v) is 16.2. The van der Waals surface area contributed by atoms with Gasteiger partial charge in [0.05, 0.1) is 4.90 Å². The number of hydrogen-bond acceptors (Lipinski definition) is 6. The highest BCUT2D eigenvalue weighted by molar-refractivity contribution is 8.33. The van der Waals surface area contributed by atoms with E-state index in [0.717, 1.165) is 90.0 Å². The summed E-state index contributed by atoms with van der Waals surface area (Å²) in [7, 11) is -11.5. The van der Waals surface area contributed by atoms with Crippen molar-refractivity contribution in [1.29, 1.82) is 0 Å². The van der Waals surface area contributed by atoms with Gasteiger partial charge in [-0.3, -0.25) is 0 Å².